The number of nitrogens with zero attached hydrogens (tertiary/aromatic N) is 4. The molecule has 0 saturated carbocycles. The van der Waals surface area contributed by atoms with Crippen LogP contribution < -0.4 is 0 Å². The Morgan fingerprint density at radius 2 is 1.66 bits per heavy atom. The quantitative estimate of drug-likeness (QED) is 0.464. The molecule has 4 rings (SSSR count). The molecular formula is C22H24N4O2S. The lowest BCUT2D eigenvalue weighted by Gasteiger charge is -2.14. The molecule has 6 nitrogen and oxygen atoms in total. The summed E-state index contributed by atoms with van der Waals surface area (Å²) in [6, 6.07) is 12.5. The third-order valence-corrected chi connectivity index (χ3v) is 7.19. The predicted octanol–water partition coefficient (Wildman–Crippen LogP) is 4.02. The number of imidazole rings is 1. The summed E-state index contributed by atoms with van der Waals surface area (Å²) in [5.41, 5.74) is 1.76. The van der Waals surface area contributed by atoms with Crippen LogP contribution in [0.5, 0.6) is 0 Å². The number of rotatable bonds is 7. The minimum absolute atomic E-state index is 0.312. The van der Waals surface area contributed by atoms with Crippen molar-refractivity contribution in [2.45, 2.75) is 43.1 Å². The Morgan fingerprint density at radius 1 is 0.931 bits per heavy atom. The fraction of sp³-hybridized carbons (Fsp3) is 0.227. The predicted molar refractivity (Wildman–Crippen MR) is 112 cm³/mol. The molecule has 0 N–H and O–H groups in total. The molecule has 0 aliphatic heterocycles. The Bertz CT molecular complexity index is 1190. The average molecular weight is 409 g/mol. The maximum atomic E-state index is 13.6. The van der Waals surface area contributed by atoms with Crippen molar-refractivity contribution in [2.24, 2.45) is 0 Å². The Morgan fingerprint density at radius 3 is 2.31 bits per heavy atom. The molecular weight excluding hydrogens is 384 g/mol. The van der Waals surface area contributed by atoms with Crippen molar-refractivity contribution < 1.29 is 8.42 Å². The van der Waals surface area contributed by atoms with Gasteiger partial charge in [0.1, 0.15) is 10.7 Å². The highest BCUT2D eigenvalue weighted by Gasteiger charge is 2.30. The number of aromatic nitrogens is 4. The summed E-state index contributed by atoms with van der Waals surface area (Å²) in [5.74, 6) is 0.694. The van der Waals surface area contributed by atoms with Crippen LogP contribution in [0.4, 0.5) is 0 Å². The summed E-state index contributed by atoms with van der Waals surface area (Å²) in [5, 5.41) is 0. The normalized spacial score (nSPS) is 11.8. The molecule has 0 aliphatic carbocycles. The Labute approximate surface area is 171 Å². The topological polar surface area (TPSA) is 61.8 Å². The van der Waals surface area contributed by atoms with E-state index in [0.29, 0.717) is 22.2 Å². The van der Waals surface area contributed by atoms with Crippen LogP contribution in [0.25, 0.3) is 5.82 Å². The molecule has 1 aromatic carbocycles. The summed E-state index contributed by atoms with van der Waals surface area (Å²) < 4.78 is 33.2. The van der Waals surface area contributed by atoms with E-state index >= 15 is 0 Å². The SMILES string of the molecule is Cc1c(S(=O)(=O)c2ccccc2)c(-n2cccc2)n(CCCn2ccnc2)c1C. The maximum Gasteiger partial charge on any atom is 0.210 e. The lowest BCUT2D eigenvalue weighted by molar-refractivity contribution is 0.549. The smallest absolute Gasteiger partial charge is 0.210 e. The summed E-state index contributed by atoms with van der Waals surface area (Å²) in [6.07, 6.45) is 10.2. The lowest BCUT2D eigenvalue weighted by atomic mass is 10.3. The lowest BCUT2D eigenvalue weighted by Crippen LogP contribution is -2.12. The van der Waals surface area contributed by atoms with Gasteiger partial charge in [0.15, 0.2) is 0 Å². The van der Waals surface area contributed by atoms with Crippen LogP contribution >= 0.6 is 0 Å². The molecule has 0 radical (unpaired) electrons. The molecule has 3 heterocycles. The molecule has 4 aromatic rings. The van der Waals surface area contributed by atoms with E-state index in [9.17, 15) is 8.42 Å². The van der Waals surface area contributed by atoms with Crippen LogP contribution in [0.3, 0.4) is 0 Å². The average Bonchev–Trinajstić information content (AvgIpc) is 3.47. The first-order valence-corrected chi connectivity index (χ1v) is 11.1. The number of benzene rings is 1. The summed E-state index contributed by atoms with van der Waals surface area (Å²) >= 11 is 0. The molecule has 0 saturated heterocycles. The summed E-state index contributed by atoms with van der Waals surface area (Å²) in [7, 11) is -3.65. The van der Waals surface area contributed by atoms with Gasteiger partial charge in [-0.05, 0) is 50.1 Å². The van der Waals surface area contributed by atoms with E-state index in [1.54, 1.807) is 36.8 Å². The fourth-order valence-corrected chi connectivity index (χ4v) is 5.45. The van der Waals surface area contributed by atoms with Crippen molar-refractivity contribution in [2.75, 3.05) is 0 Å². The van der Waals surface area contributed by atoms with E-state index in [1.165, 1.54) is 0 Å². The van der Waals surface area contributed by atoms with Gasteiger partial charge in [-0.1, -0.05) is 18.2 Å². The first-order chi connectivity index (χ1) is 14.0. The number of aryl methyl sites for hydroxylation is 1. The van der Waals surface area contributed by atoms with Gasteiger partial charge >= 0.3 is 0 Å². The van der Waals surface area contributed by atoms with E-state index in [4.69, 9.17) is 0 Å². The molecule has 0 spiro atoms. The van der Waals surface area contributed by atoms with Gasteiger partial charge in [0.05, 0.1) is 11.2 Å². The number of sulfone groups is 1. The molecule has 0 unspecified atom stereocenters. The van der Waals surface area contributed by atoms with Gasteiger partial charge in [-0.25, -0.2) is 13.4 Å². The zero-order valence-corrected chi connectivity index (χ0v) is 17.4. The van der Waals surface area contributed by atoms with Gasteiger partial charge < -0.3 is 13.7 Å². The molecule has 0 fully saturated rings. The second kappa shape index (κ2) is 7.75. The van der Waals surface area contributed by atoms with E-state index in [2.05, 4.69) is 9.55 Å². The highest BCUT2D eigenvalue weighted by molar-refractivity contribution is 7.91. The second-order valence-corrected chi connectivity index (χ2v) is 8.96. The van der Waals surface area contributed by atoms with Gasteiger partial charge in [-0.3, -0.25) is 0 Å². The van der Waals surface area contributed by atoms with Gasteiger partial charge in [-0.2, -0.15) is 0 Å². The van der Waals surface area contributed by atoms with Crippen molar-refractivity contribution in [1.82, 2.24) is 18.7 Å². The van der Waals surface area contributed by atoms with Crippen LogP contribution in [-0.4, -0.2) is 27.1 Å². The van der Waals surface area contributed by atoms with E-state index < -0.39 is 9.84 Å². The van der Waals surface area contributed by atoms with E-state index in [0.717, 1.165) is 24.2 Å². The summed E-state index contributed by atoms with van der Waals surface area (Å²) in [4.78, 5) is 4.77. The first kappa shape index (κ1) is 19.3. The molecule has 7 heteroatoms. The van der Waals surface area contributed by atoms with Crippen LogP contribution in [-0.2, 0) is 22.9 Å². The minimum Gasteiger partial charge on any atom is -0.337 e. The van der Waals surface area contributed by atoms with E-state index in [1.807, 2.05) is 59.8 Å². The van der Waals surface area contributed by atoms with Crippen LogP contribution in [0.2, 0.25) is 0 Å². The van der Waals surface area contributed by atoms with Crippen LogP contribution in [0, 0.1) is 13.8 Å². The standard InChI is InChI=1S/C22H24N4O2S/c1-18-19(2)26(15-8-12-24-16-11-23-17-24)22(25-13-6-7-14-25)21(18)29(27,28)20-9-4-3-5-10-20/h3-7,9-11,13-14,16-17H,8,12,15H2,1-2H3. The Kier molecular flexibility index (Phi) is 5.15. The molecule has 3 aromatic heterocycles. The highest BCUT2D eigenvalue weighted by Crippen LogP contribution is 2.34. The summed E-state index contributed by atoms with van der Waals surface area (Å²) in [6.45, 7) is 5.42. The molecule has 0 aliphatic rings. The maximum absolute atomic E-state index is 13.6. The fourth-order valence-electron chi connectivity index (χ4n) is 3.69. The Hall–Kier alpha value is -3.06. The van der Waals surface area contributed by atoms with Crippen molar-refractivity contribution in [3.05, 3.63) is 84.8 Å². The van der Waals surface area contributed by atoms with Crippen molar-refractivity contribution in [3.8, 4) is 5.82 Å². The highest BCUT2D eigenvalue weighted by atomic mass is 32.2. The van der Waals surface area contributed by atoms with E-state index in [-0.39, 0.29) is 0 Å². The third kappa shape index (κ3) is 3.53. The third-order valence-electron chi connectivity index (χ3n) is 5.28. The van der Waals surface area contributed by atoms with Gasteiger partial charge in [0, 0.05) is 43.6 Å². The van der Waals surface area contributed by atoms with Gasteiger partial charge in [0.25, 0.3) is 0 Å². The van der Waals surface area contributed by atoms with Gasteiger partial charge in [-0.15, -0.1) is 0 Å². The van der Waals surface area contributed by atoms with Gasteiger partial charge in [0.2, 0.25) is 9.84 Å². The van der Waals surface area contributed by atoms with Crippen molar-refractivity contribution >= 4 is 9.84 Å². The molecule has 150 valence electrons. The monoisotopic (exact) mass is 408 g/mol. The zero-order valence-electron chi connectivity index (χ0n) is 16.6. The largest absolute Gasteiger partial charge is 0.337 e. The second-order valence-electron chi connectivity index (χ2n) is 7.08. The molecule has 0 atom stereocenters. The minimum atomic E-state index is -3.65. The first-order valence-electron chi connectivity index (χ1n) is 9.59. The molecule has 0 amide bonds. The van der Waals surface area contributed by atoms with Crippen LogP contribution in [0.15, 0.2) is 83.4 Å². The van der Waals surface area contributed by atoms with Crippen molar-refractivity contribution in [3.63, 3.8) is 0 Å². The molecule has 0 bridgehead atoms. The number of hydrogen-bond donors (Lipinski definition) is 0. The van der Waals surface area contributed by atoms with Crippen molar-refractivity contribution in [1.29, 1.82) is 0 Å². The van der Waals surface area contributed by atoms with Crippen LogP contribution in [0.1, 0.15) is 17.7 Å². The molecule has 29 heavy (non-hydrogen) atoms. The Balaban J connectivity index is 1.81. The number of hydrogen-bond acceptors (Lipinski definition) is 3. The zero-order chi connectivity index (χ0) is 20.4.